The average Bonchev–Trinajstić information content (AvgIpc) is 2.68. The van der Waals surface area contributed by atoms with Crippen molar-refractivity contribution >= 4 is 22.8 Å². The van der Waals surface area contributed by atoms with Gasteiger partial charge >= 0.3 is 0 Å². The molecule has 16 heavy (non-hydrogen) atoms. The highest BCUT2D eigenvalue weighted by Gasteiger charge is 2.30. The lowest BCUT2D eigenvalue weighted by Crippen LogP contribution is -2.40. The lowest BCUT2D eigenvalue weighted by atomic mass is 10.0. The Balaban J connectivity index is 2.46. The maximum absolute atomic E-state index is 11.5. The van der Waals surface area contributed by atoms with Crippen LogP contribution in [0.2, 0.25) is 0 Å². The number of nitrogens with zero attached hydrogens (tertiary/aromatic N) is 2. The first-order valence-corrected chi connectivity index (χ1v) is 6.68. The van der Waals surface area contributed by atoms with E-state index in [0.717, 1.165) is 23.9 Å². The van der Waals surface area contributed by atoms with E-state index in [1.165, 1.54) is 0 Å². The summed E-state index contributed by atoms with van der Waals surface area (Å²) < 4.78 is 0. The Bertz CT molecular complexity index is 293. The minimum atomic E-state index is 0.0718. The van der Waals surface area contributed by atoms with E-state index in [1.54, 1.807) is 23.7 Å². The minimum Gasteiger partial charge on any atom is -0.359 e. The molecule has 0 aromatic rings. The van der Waals surface area contributed by atoms with Crippen LogP contribution < -0.4 is 5.32 Å². The number of rotatable bonds is 4. The molecular weight excluding hydrogens is 222 g/mol. The molecule has 1 N–H and O–H groups in total. The van der Waals surface area contributed by atoms with Gasteiger partial charge < -0.3 is 10.2 Å². The highest BCUT2D eigenvalue weighted by Crippen LogP contribution is 2.25. The molecule has 0 bridgehead atoms. The van der Waals surface area contributed by atoms with Crippen molar-refractivity contribution in [3.63, 3.8) is 0 Å². The second kappa shape index (κ2) is 5.57. The van der Waals surface area contributed by atoms with Gasteiger partial charge in [0.25, 0.3) is 0 Å². The monoisotopic (exact) mass is 243 g/mol. The summed E-state index contributed by atoms with van der Waals surface area (Å²) in [6.07, 6.45) is 1.07. The Morgan fingerprint density at radius 1 is 1.62 bits per heavy atom. The summed E-state index contributed by atoms with van der Waals surface area (Å²) in [5.41, 5.74) is 0.142. The van der Waals surface area contributed by atoms with Crippen molar-refractivity contribution < 1.29 is 4.79 Å². The first kappa shape index (κ1) is 13.4. The molecule has 0 spiro atoms. The van der Waals surface area contributed by atoms with Crippen molar-refractivity contribution in [3.8, 4) is 0 Å². The van der Waals surface area contributed by atoms with Gasteiger partial charge in [0.2, 0.25) is 5.91 Å². The Hall–Kier alpha value is -0.710. The molecule has 1 aliphatic rings. The molecule has 92 valence electrons. The van der Waals surface area contributed by atoms with Gasteiger partial charge in [0.05, 0.1) is 0 Å². The van der Waals surface area contributed by atoms with Gasteiger partial charge in [-0.25, -0.2) is 0 Å². The molecule has 0 aromatic carbocycles. The number of carbonyl (C=O) groups excluding carboxylic acids is 1. The molecule has 0 aliphatic carbocycles. The summed E-state index contributed by atoms with van der Waals surface area (Å²) in [5.74, 6) is 1.10. The second-order valence-electron chi connectivity index (χ2n) is 4.36. The molecular formula is C11H21N3OS. The maximum Gasteiger partial charge on any atom is 0.244 e. The largest absolute Gasteiger partial charge is 0.359 e. The quantitative estimate of drug-likeness (QED) is 0.810. The van der Waals surface area contributed by atoms with Gasteiger partial charge in [0.15, 0.2) is 5.17 Å². The van der Waals surface area contributed by atoms with Crippen LogP contribution in [-0.2, 0) is 4.79 Å². The van der Waals surface area contributed by atoms with Crippen LogP contribution in [0, 0.1) is 0 Å². The Morgan fingerprint density at radius 2 is 2.31 bits per heavy atom. The Morgan fingerprint density at radius 3 is 2.81 bits per heavy atom. The van der Waals surface area contributed by atoms with Crippen LogP contribution in [0.5, 0.6) is 0 Å². The predicted molar refractivity (Wildman–Crippen MR) is 69.9 cm³/mol. The third-order valence-corrected chi connectivity index (χ3v) is 4.26. The third kappa shape index (κ3) is 3.40. The number of hydrogen-bond acceptors (Lipinski definition) is 3. The zero-order valence-electron chi connectivity index (χ0n) is 10.5. The summed E-state index contributed by atoms with van der Waals surface area (Å²) in [5, 5.41) is 4.28. The molecule has 1 amide bonds. The van der Waals surface area contributed by atoms with E-state index in [4.69, 9.17) is 0 Å². The molecule has 1 rings (SSSR count). The lowest BCUT2D eigenvalue weighted by Gasteiger charge is -2.20. The van der Waals surface area contributed by atoms with E-state index in [0.29, 0.717) is 0 Å². The number of amides is 1. The number of nitrogens with one attached hydrogen (secondary N) is 1. The van der Waals surface area contributed by atoms with E-state index in [2.05, 4.69) is 24.2 Å². The van der Waals surface area contributed by atoms with Crippen molar-refractivity contribution in [2.75, 3.05) is 25.9 Å². The molecule has 0 saturated carbocycles. The zero-order valence-corrected chi connectivity index (χ0v) is 11.4. The number of amidine groups is 1. The van der Waals surface area contributed by atoms with E-state index in [-0.39, 0.29) is 18.0 Å². The maximum atomic E-state index is 11.5. The zero-order chi connectivity index (χ0) is 12.2. The molecule has 1 saturated heterocycles. The molecule has 1 heterocycles. The van der Waals surface area contributed by atoms with Gasteiger partial charge in [0.1, 0.15) is 6.54 Å². The normalized spacial score (nSPS) is 26.9. The number of likely N-dealkylation sites (N-methyl/N-ethyl adjacent to an activating group) is 1. The standard InChI is InChI=1S/C11H21N3OS/c1-5-11(3)8-16-10(13-11)12-7-9(15)14(4)6-2/h5-8H2,1-4H3,(H,12,13). The van der Waals surface area contributed by atoms with Crippen molar-refractivity contribution in [3.05, 3.63) is 0 Å². The fourth-order valence-electron chi connectivity index (χ4n) is 1.27. The molecule has 1 fully saturated rings. The van der Waals surface area contributed by atoms with Crippen LogP contribution in [0.15, 0.2) is 4.99 Å². The van der Waals surface area contributed by atoms with Crippen LogP contribution in [0.25, 0.3) is 0 Å². The fraction of sp³-hybridized carbons (Fsp3) is 0.818. The van der Waals surface area contributed by atoms with Gasteiger partial charge in [-0.1, -0.05) is 18.7 Å². The van der Waals surface area contributed by atoms with Crippen LogP contribution in [0.3, 0.4) is 0 Å². The highest BCUT2D eigenvalue weighted by molar-refractivity contribution is 8.14. The predicted octanol–water partition coefficient (Wildman–Crippen LogP) is 1.33. The molecule has 1 atom stereocenters. The van der Waals surface area contributed by atoms with Crippen molar-refractivity contribution in [1.29, 1.82) is 0 Å². The van der Waals surface area contributed by atoms with Gasteiger partial charge in [0, 0.05) is 24.9 Å². The summed E-state index contributed by atoms with van der Waals surface area (Å²) in [4.78, 5) is 17.5. The Kier molecular flexibility index (Phi) is 4.65. The Labute approximate surface area is 102 Å². The van der Waals surface area contributed by atoms with E-state index >= 15 is 0 Å². The van der Waals surface area contributed by atoms with Crippen molar-refractivity contribution in [2.45, 2.75) is 32.7 Å². The molecule has 5 heteroatoms. The fourth-order valence-corrected chi connectivity index (χ4v) is 2.48. The topological polar surface area (TPSA) is 44.7 Å². The smallest absolute Gasteiger partial charge is 0.244 e. The molecule has 1 unspecified atom stereocenters. The van der Waals surface area contributed by atoms with Crippen LogP contribution in [0.1, 0.15) is 27.2 Å². The first-order chi connectivity index (χ1) is 7.50. The molecule has 0 aromatic heterocycles. The van der Waals surface area contributed by atoms with E-state index in [9.17, 15) is 4.79 Å². The number of hydrogen-bond donors (Lipinski definition) is 1. The lowest BCUT2D eigenvalue weighted by molar-refractivity contribution is -0.128. The first-order valence-electron chi connectivity index (χ1n) is 5.70. The summed E-state index contributed by atoms with van der Waals surface area (Å²) in [6, 6.07) is 0. The third-order valence-electron chi connectivity index (χ3n) is 2.97. The van der Waals surface area contributed by atoms with Gasteiger partial charge in [-0.3, -0.25) is 9.79 Å². The number of carbonyl (C=O) groups is 1. The molecule has 1 aliphatic heterocycles. The summed E-state index contributed by atoms with van der Waals surface area (Å²) in [7, 11) is 1.80. The van der Waals surface area contributed by atoms with Crippen LogP contribution in [0.4, 0.5) is 0 Å². The number of thioether (sulfide) groups is 1. The van der Waals surface area contributed by atoms with Crippen molar-refractivity contribution in [2.24, 2.45) is 4.99 Å². The summed E-state index contributed by atoms with van der Waals surface area (Å²) >= 11 is 1.70. The SMILES string of the molecule is CCN(C)C(=O)CN=C1NC(C)(CC)CS1. The van der Waals surface area contributed by atoms with Crippen molar-refractivity contribution in [1.82, 2.24) is 10.2 Å². The highest BCUT2D eigenvalue weighted by atomic mass is 32.2. The van der Waals surface area contributed by atoms with Gasteiger partial charge in [-0.05, 0) is 20.3 Å². The van der Waals surface area contributed by atoms with Crippen LogP contribution >= 0.6 is 11.8 Å². The minimum absolute atomic E-state index is 0.0718. The van der Waals surface area contributed by atoms with E-state index < -0.39 is 0 Å². The van der Waals surface area contributed by atoms with Gasteiger partial charge in [-0.15, -0.1) is 0 Å². The number of aliphatic imine (C=N–C) groups is 1. The van der Waals surface area contributed by atoms with E-state index in [1.807, 2.05) is 6.92 Å². The average molecular weight is 243 g/mol. The van der Waals surface area contributed by atoms with Gasteiger partial charge in [-0.2, -0.15) is 0 Å². The molecule has 4 nitrogen and oxygen atoms in total. The second-order valence-corrected chi connectivity index (χ2v) is 5.32. The summed E-state index contributed by atoms with van der Waals surface area (Å²) in [6.45, 7) is 7.28. The molecule has 0 radical (unpaired) electrons. The van der Waals surface area contributed by atoms with Crippen LogP contribution in [-0.4, -0.2) is 47.4 Å².